The van der Waals surface area contributed by atoms with Gasteiger partial charge in [0.05, 0.1) is 0 Å². The maximum Gasteiger partial charge on any atom is 0.0126 e. The first-order valence-corrected chi connectivity index (χ1v) is 17.7. The van der Waals surface area contributed by atoms with Gasteiger partial charge in [0.1, 0.15) is 0 Å². The molecule has 248 valence electrons. The highest BCUT2D eigenvalue weighted by Gasteiger charge is 2.30. The molecule has 4 nitrogen and oxygen atoms in total. The molecule has 3 heterocycles. The summed E-state index contributed by atoms with van der Waals surface area (Å²) in [5.74, 6) is 2.78. The third-order valence-corrected chi connectivity index (χ3v) is 9.91. The summed E-state index contributed by atoms with van der Waals surface area (Å²) in [5, 5.41) is 0. The lowest BCUT2D eigenvalue weighted by Gasteiger charge is -2.43. The molecule has 3 rings (SSSR count). The Labute approximate surface area is 261 Å². The summed E-state index contributed by atoms with van der Waals surface area (Å²) >= 11 is 0. The van der Waals surface area contributed by atoms with Crippen molar-refractivity contribution >= 4 is 0 Å². The van der Waals surface area contributed by atoms with Gasteiger partial charge in [-0.2, -0.15) is 0 Å². The van der Waals surface area contributed by atoms with E-state index < -0.39 is 0 Å². The minimum atomic E-state index is 0.350. The predicted molar refractivity (Wildman–Crippen MR) is 187 cm³/mol. The van der Waals surface area contributed by atoms with Crippen molar-refractivity contribution in [2.75, 3.05) is 52.4 Å². The summed E-state index contributed by atoms with van der Waals surface area (Å²) in [6.07, 6.45) is 5.58. The zero-order valence-corrected chi connectivity index (χ0v) is 31.7. The van der Waals surface area contributed by atoms with E-state index >= 15 is 0 Å². The van der Waals surface area contributed by atoms with E-state index in [0.29, 0.717) is 22.5 Å². The zero-order chi connectivity index (χ0) is 32.2. The van der Waals surface area contributed by atoms with Crippen molar-refractivity contribution in [2.24, 2.45) is 23.2 Å². The average Bonchev–Trinajstić information content (AvgIpc) is 2.89. The minimum absolute atomic E-state index is 0.350. The molecule has 3 fully saturated rings. The molecule has 0 radical (unpaired) electrons. The first-order valence-electron chi connectivity index (χ1n) is 17.7. The fraction of sp³-hybridized carbons (Fsp3) is 1.00. The molecule has 0 aromatic carbocycles. The number of nitrogens with zero attached hydrogens (tertiary/aromatic N) is 4. The molecular formula is C37H80N4. The molecular weight excluding hydrogens is 500 g/mol. The van der Waals surface area contributed by atoms with Crippen LogP contribution in [0.3, 0.4) is 0 Å². The summed E-state index contributed by atoms with van der Waals surface area (Å²) in [4.78, 5) is 10.3. The van der Waals surface area contributed by atoms with E-state index in [1.54, 1.807) is 0 Å². The monoisotopic (exact) mass is 581 g/mol. The lowest BCUT2D eigenvalue weighted by Crippen LogP contribution is -2.54. The second-order valence-electron chi connectivity index (χ2n) is 16.8. The highest BCUT2D eigenvalue weighted by Crippen LogP contribution is 2.34. The van der Waals surface area contributed by atoms with Crippen molar-refractivity contribution in [2.45, 2.75) is 167 Å². The van der Waals surface area contributed by atoms with Gasteiger partial charge < -0.3 is 4.90 Å². The Morgan fingerprint density at radius 1 is 0.463 bits per heavy atom. The average molecular weight is 581 g/mol. The van der Waals surface area contributed by atoms with Gasteiger partial charge in [0.15, 0.2) is 0 Å². The van der Waals surface area contributed by atoms with Gasteiger partial charge >= 0.3 is 0 Å². The first kappa shape index (κ1) is 40.8. The number of piperazine rings is 1. The van der Waals surface area contributed by atoms with E-state index in [2.05, 4.69) is 123 Å². The molecule has 0 aliphatic carbocycles. The van der Waals surface area contributed by atoms with Crippen LogP contribution in [0.15, 0.2) is 0 Å². The molecule has 3 aliphatic rings. The Morgan fingerprint density at radius 2 is 0.805 bits per heavy atom. The molecule has 0 N–H and O–H groups in total. The van der Waals surface area contributed by atoms with Gasteiger partial charge in [0.2, 0.25) is 0 Å². The van der Waals surface area contributed by atoms with Gasteiger partial charge in [-0.3, -0.25) is 14.7 Å². The van der Waals surface area contributed by atoms with E-state index in [1.165, 1.54) is 78.0 Å². The minimum Gasteiger partial charge on any atom is -0.301 e. The largest absolute Gasteiger partial charge is 0.301 e. The van der Waals surface area contributed by atoms with Crippen molar-refractivity contribution in [1.82, 2.24) is 19.6 Å². The summed E-state index contributed by atoms with van der Waals surface area (Å²) < 4.78 is 0. The second-order valence-corrected chi connectivity index (χ2v) is 16.8. The molecule has 3 saturated heterocycles. The number of rotatable bonds is 3. The fourth-order valence-corrected chi connectivity index (χ4v) is 6.43. The van der Waals surface area contributed by atoms with Crippen LogP contribution < -0.4 is 0 Å². The van der Waals surface area contributed by atoms with Crippen LogP contribution in [-0.4, -0.2) is 95.1 Å². The SMILES string of the molecule is CC.CC(C)C1CCN(C(C)(C)C)CC1.CC(C)N1CCC(C(C)(C)C)CC1.CC(C)N1CCN(C(C)(C)C)CC1. The fourth-order valence-electron chi connectivity index (χ4n) is 6.43. The lowest BCUT2D eigenvalue weighted by molar-refractivity contribution is 0.0491. The van der Waals surface area contributed by atoms with Crippen molar-refractivity contribution in [3.63, 3.8) is 0 Å². The molecule has 0 spiro atoms. The molecule has 0 aromatic heterocycles. The molecule has 3 aliphatic heterocycles. The van der Waals surface area contributed by atoms with Crippen LogP contribution in [0.4, 0.5) is 0 Å². The Balaban J connectivity index is 0.000000567. The lowest BCUT2D eigenvalue weighted by atomic mass is 9.75. The van der Waals surface area contributed by atoms with E-state index in [4.69, 9.17) is 0 Å². The number of piperidine rings is 2. The molecule has 0 saturated carbocycles. The van der Waals surface area contributed by atoms with Crippen LogP contribution in [0.25, 0.3) is 0 Å². The van der Waals surface area contributed by atoms with Gasteiger partial charge in [0.25, 0.3) is 0 Å². The van der Waals surface area contributed by atoms with Gasteiger partial charge in [0, 0.05) is 49.3 Å². The van der Waals surface area contributed by atoms with Crippen LogP contribution in [-0.2, 0) is 0 Å². The topological polar surface area (TPSA) is 13.0 Å². The van der Waals surface area contributed by atoms with Gasteiger partial charge in [-0.05, 0) is 144 Å². The standard InChI is InChI=1S/2C12H25N.C11H24N2.C2H6/c1-10(2)13-8-6-11(7-9-13)12(3,4)5;1-10(2)11-6-8-13(9-7-11)12(3,4)5;1-10(2)12-6-8-13(9-7-12)11(3,4)5;1-2/h2*10-11H,6-9H2,1-5H3;10H,6-9H2,1-5H3;1-2H3. The molecule has 0 atom stereocenters. The molecule has 41 heavy (non-hydrogen) atoms. The van der Waals surface area contributed by atoms with E-state index in [0.717, 1.165) is 23.8 Å². The highest BCUT2D eigenvalue weighted by atomic mass is 15.3. The number of hydrogen-bond acceptors (Lipinski definition) is 4. The Bertz CT molecular complexity index is 535. The predicted octanol–water partition coefficient (Wildman–Crippen LogP) is 9.14. The second kappa shape index (κ2) is 18.6. The molecule has 0 unspecified atom stereocenters. The van der Waals surface area contributed by atoms with Crippen LogP contribution in [0.2, 0.25) is 0 Å². The summed E-state index contributed by atoms with van der Waals surface area (Å²) in [5.41, 5.74) is 1.24. The normalized spacial score (nSPS) is 21.7. The van der Waals surface area contributed by atoms with Crippen molar-refractivity contribution in [3.8, 4) is 0 Å². The van der Waals surface area contributed by atoms with E-state index in [9.17, 15) is 0 Å². The number of hydrogen-bond donors (Lipinski definition) is 0. The molecule has 0 bridgehead atoms. The van der Waals surface area contributed by atoms with Crippen molar-refractivity contribution in [1.29, 1.82) is 0 Å². The maximum atomic E-state index is 2.62. The maximum absolute atomic E-state index is 2.62. The third-order valence-electron chi connectivity index (χ3n) is 9.91. The van der Waals surface area contributed by atoms with Gasteiger partial charge in [-0.25, -0.2) is 0 Å². The van der Waals surface area contributed by atoms with E-state index in [1.807, 2.05) is 13.8 Å². The van der Waals surface area contributed by atoms with Crippen LogP contribution in [0.5, 0.6) is 0 Å². The Morgan fingerprint density at radius 3 is 1.10 bits per heavy atom. The summed E-state index contributed by atoms with van der Waals surface area (Å²) in [7, 11) is 0. The molecule has 0 amide bonds. The van der Waals surface area contributed by atoms with Crippen LogP contribution >= 0.6 is 0 Å². The molecule has 0 aromatic rings. The van der Waals surface area contributed by atoms with Gasteiger partial charge in [-0.1, -0.05) is 48.5 Å². The van der Waals surface area contributed by atoms with E-state index in [-0.39, 0.29) is 0 Å². The van der Waals surface area contributed by atoms with Crippen molar-refractivity contribution < 1.29 is 0 Å². The quantitative estimate of drug-likeness (QED) is 0.330. The summed E-state index contributed by atoms with van der Waals surface area (Å²) in [6.45, 7) is 49.0. The third kappa shape index (κ3) is 15.9. The highest BCUT2D eigenvalue weighted by molar-refractivity contribution is 4.84. The van der Waals surface area contributed by atoms with Crippen molar-refractivity contribution in [3.05, 3.63) is 0 Å². The first-order chi connectivity index (χ1) is 18.7. The van der Waals surface area contributed by atoms with Crippen LogP contribution in [0, 0.1) is 23.2 Å². The Kier molecular flexibility index (Phi) is 18.5. The molecule has 4 heteroatoms. The van der Waals surface area contributed by atoms with Gasteiger partial charge in [-0.15, -0.1) is 0 Å². The zero-order valence-electron chi connectivity index (χ0n) is 31.7. The summed E-state index contributed by atoms with van der Waals surface area (Å²) in [6, 6.07) is 1.45. The smallest absolute Gasteiger partial charge is 0.0126 e. The Hall–Kier alpha value is -0.160. The van der Waals surface area contributed by atoms with Crippen LogP contribution in [0.1, 0.15) is 143 Å². The number of likely N-dealkylation sites (tertiary alicyclic amines) is 2.